The van der Waals surface area contributed by atoms with E-state index in [0.29, 0.717) is 0 Å². The van der Waals surface area contributed by atoms with Crippen LogP contribution in [0.5, 0.6) is 0 Å². The summed E-state index contributed by atoms with van der Waals surface area (Å²) in [6.07, 6.45) is 4.11. The van der Waals surface area contributed by atoms with Crippen molar-refractivity contribution in [3.63, 3.8) is 0 Å². The van der Waals surface area contributed by atoms with Gasteiger partial charge in [0.25, 0.3) is 0 Å². The first-order valence-electron chi connectivity index (χ1n) is 10.8. The van der Waals surface area contributed by atoms with Crippen molar-refractivity contribution in [3.8, 4) is 0 Å². The number of hydrogen-bond donors (Lipinski definition) is 1. The number of allylic oxidation sites excluding steroid dienone is 1. The molecule has 0 bridgehead atoms. The van der Waals surface area contributed by atoms with Crippen molar-refractivity contribution in [2.45, 2.75) is 147 Å². The molecular formula is C26H77N3O5. The van der Waals surface area contributed by atoms with E-state index in [1.165, 1.54) is 13.0 Å². The quantitative estimate of drug-likeness (QED) is 0.223. The van der Waals surface area contributed by atoms with Crippen molar-refractivity contribution < 1.29 is 14.6 Å². The predicted octanol–water partition coefficient (Wildman–Crippen LogP) is 10.6. The van der Waals surface area contributed by atoms with E-state index < -0.39 is 9.85 Å². The predicted molar refractivity (Wildman–Crippen MR) is 168 cm³/mol. The highest BCUT2D eigenvalue weighted by Crippen LogP contribution is 1.67. The van der Waals surface area contributed by atoms with Gasteiger partial charge in [0.05, 0.1) is 4.92 Å². The summed E-state index contributed by atoms with van der Waals surface area (Å²) in [6, 6.07) is 0. The molecule has 0 saturated carbocycles. The van der Waals surface area contributed by atoms with Gasteiger partial charge in [-0.3, -0.25) is 20.2 Å². The maximum atomic E-state index is 9.32. The molecule has 0 amide bonds. The van der Waals surface area contributed by atoms with Crippen molar-refractivity contribution in [2.24, 2.45) is 5.73 Å². The van der Waals surface area contributed by atoms with Gasteiger partial charge in [0, 0.05) is 4.92 Å². The third-order valence-electron chi connectivity index (χ3n) is 0.559. The third-order valence-corrected chi connectivity index (χ3v) is 0.559. The van der Waals surface area contributed by atoms with Gasteiger partial charge in [-0.05, 0) is 32.9 Å². The van der Waals surface area contributed by atoms with Gasteiger partial charge in [0.15, 0.2) is 7.05 Å². The van der Waals surface area contributed by atoms with Crippen LogP contribution in [0, 0.1) is 20.2 Å². The monoisotopic (exact) mass is 512 g/mol. The average Bonchev–Trinajstić information content (AvgIpc) is 2.77. The normalized spacial score (nSPS) is 4.74. The first kappa shape index (κ1) is 106. The molecule has 0 heterocycles. The zero-order valence-corrected chi connectivity index (χ0v) is 22.7. The average molecular weight is 512 g/mol. The molecule has 0 fully saturated rings. The summed E-state index contributed by atoms with van der Waals surface area (Å²) in [7, 11) is 0.889. The fraction of sp³-hybridized carbons (Fsp3) is 0.885. The molecule has 0 aliphatic heterocycles. The third kappa shape index (κ3) is 5450. The molecular weight excluding hydrogens is 434 g/mol. The van der Waals surface area contributed by atoms with Crippen LogP contribution in [0.1, 0.15) is 147 Å². The van der Waals surface area contributed by atoms with Gasteiger partial charge < -0.3 is 10.5 Å². The van der Waals surface area contributed by atoms with Gasteiger partial charge in [-0.25, -0.2) is 0 Å². The minimum absolute atomic E-state index is 0. The fourth-order valence-corrected chi connectivity index (χ4v) is 0.122. The summed E-state index contributed by atoms with van der Waals surface area (Å²) >= 11 is 0. The number of nitrogens with two attached hydrogens (primary N) is 1. The molecule has 8 nitrogen and oxygen atoms in total. The number of rotatable bonds is 2. The van der Waals surface area contributed by atoms with Gasteiger partial charge >= 0.3 is 0 Å². The second kappa shape index (κ2) is 337. The molecule has 0 aromatic heterocycles. The Kier molecular flexibility index (Phi) is 1050. The summed E-state index contributed by atoms with van der Waals surface area (Å²) < 4.78 is 0. The highest BCUT2D eigenvalue weighted by molar-refractivity contribution is 5.44. The topological polar surface area (TPSA) is 129 Å². The molecule has 0 unspecified atom stereocenters. The van der Waals surface area contributed by atoms with Gasteiger partial charge in [-0.2, -0.15) is 0 Å². The second-order valence-corrected chi connectivity index (χ2v) is 2.23. The molecule has 34 heavy (non-hydrogen) atoms. The molecule has 0 aromatic carbocycles. The van der Waals surface area contributed by atoms with E-state index in [1.54, 1.807) is 6.92 Å². The molecule has 0 saturated heterocycles. The van der Waals surface area contributed by atoms with E-state index in [1.807, 2.05) is 83.1 Å². The molecule has 0 radical (unpaired) electrons. The second-order valence-electron chi connectivity index (χ2n) is 2.23. The van der Waals surface area contributed by atoms with Gasteiger partial charge in [-0.1, -0.05) is 127 Å². The number of nitro groups is 2. The van der Waals surface area contributed by atoms with E-state index in [2.05, 4.69) is 6.92 Å². The highest BCUT2D eigenvalue weighted by Gasteiger charge is 1.73. The molecule has 0 aromatic rings. The first-order valence-corrected chi connectivity index (χ1v) is 10.8. The minimum Gasteiger partial charge on any atom is -0.330 e. The maximum absolute atomic E-state index is 9.32. The Morgan fingerprint density at radius 1 is 0.676 bits per heavy atom. The van der Waals surface area contributed by atoms with Crippen LogP contribution >= 0.6 is 0 Å². The van der Waals surface area contributed by atoms with E-state index in [9.17, 15) is 10.1 Å². The Labute approximate surface area is 220 Å². The van der Waals surface area contributed by atoms with Crippen LogP contribution in [-0.2, 0) is 4.79 Å². The summed E-state index contributed by atoms with van der Waals surface area (Å²) in [5.41, 5.74) is 5.03. The fourth-order valence-electron chi connectivity index (χ4n) is 0.122. The first-order chi connectivity index (χ1) is 13.8. The Hall–Kier alpha value is -1.83. The Morgan fingerprint density at radius 2 is 0.794 bits per heavy atom. The van der Waals surface area contributed by atoms with Crippen molar-refractivity contribution >= 4 is 6.29 Å². The van der Waals surface area contributed by atoms with Crippen LogP contribution < -0.4 is 5.73 Å². The van der Waals surface area contributed by atoms with Crippen molar-refractivity contribution in [3.05, 3.63) is 32.5 Å². The molecule has 0 atom stereocenters. The molecule has 0 rings (SSSR count). The summed E-state index contributed by atoms with van der Waals surface area (Å²) in [4.78, 5) is 25.9. The molecule has 0 spiro atoms. The summed E-state index contributed by atoms with van der Waals surface area (Å²) in [5, 5.41) is 18.1. The number of hydrogen-bond acceptors (Lipinski definition) is 6. The van der Waals surface area contributed by atoms with E-state index in [0.717, 1.165) is 32.5 Å². The van der Waals surface area contributed by atoms with E-state index >= 15 is 0 Å². The van der Waals surface area contributed by atoms with Gasteiger partial charge in [-0.15, -0.1) is 0 Å². The van der Waals surface area contributed by atoms with E-state index in [4.69, 9.17) is 20.6 Å². The largest absolute Gasteiger partial charge is 0.330 e. The number of carbonyl (C=O) groups excluding carboxylic acids is 1. The SMILES string of the molecule is C.C.C.C.C.CC.CC.CC.CC.CC.CC.CC=C[N+](=O)[O-].CC=O.CCCN.C[N+](=O)[O-]. The highest BCUT2D eigenvalue weighted by atomic mass is 16.6. The molecule has 0 aliphatic rings. The molecule has 226 valence electrons. The van der Waals surface area contributed by atoms with Crippen LogP contribution in [0.25, 0.3) is 0 Å². The van der Waals surface area contributed by atoms with Crippen molar-refractivity contribution in [2.75, 3.05) is 13.6 Å². The summed E-state index contributed by atoms with van der Waals surface area (Å²) in [6.45, 7) is 29.9. The zero-order valence-electron chi connectivity index (χ0n) is 22.7. The van der Waals surface area contributed by atoms with Crippen LogP contribution in [0.15, 0.2) is 12.3 Å². The smallest absolute Gasteiger partial charge is 0.230 e. The lowest BCUT2D eigenvalue weighted by atomic mass is 10.5. The standard InChI is InChI=1S/C3H5NO2.C3H9N.C2H4O.6C2H6.CH3NO2.5CH4/c1-2-3-4(5)6;1-2-3-4;1-2-3;6*1-2;1-2(3)4;;;;;/h2-3H,1H3;2-4H2,1H3;2H,1H3;6*1-2H3;1H3;5*1H4. The molecule has 8 heteroatoms. The van der Waals surface area contributed by atoms with E-state index in [-0.39, 0.29) is 37.1 Å². The van der Waals surface area contributed by atoms with Gasteiger partial charge in [0.1, 0.15) is 6.29 Å². The summed E-state index contributed by atoms with van der Waals surface area (Å²) in [5.74, 6) is 0. The van der Waals surface area contributed by atoms with Crippen LogP contribution in [0.3, 0.4) is 0 Å². The Bertz CT molecular complexity index is 211. The Balaban J connectivity index is -0.00000000922. The lowest BCUT2D eigenvalue weighted by Crippen LogP contribution is -1.93. The van der Waals surface area contributed by atoms with Crippen molar-refractivity contribution in [1.82, 2.24) is 0 Å². The van der Waals surface area contributed by atoms with Gasteiger partial charge in [0.2, 0.25) is 6.20 Å². The van der Waals surface area contributed by atoms with Crippen LogP contribution in [0.4, 0.5) is 0 Å². The van der Waals surface area contributed by atoms with Crippen LogP contribution in [0.2, 0.25) is 0 Å². The molecule has 2 N–H and O–H groups in total. The lowest BCUT2D eigenvalue weighted by Gasteiger charge is -1.70. The Morgan fingerprint density at radius 3 is 0.794 bits per heavy atom. The maximum Gasteiger partial charge on any atom is 0.230 e. The molecule has 0 aliphatic carbocycles. The number of nitrogens with zero attached hydrogens (tertiary/aromatic N) is 2. The number of carbonyl (C=O) groups is 1. The van der Waals surface area contributed by atoms with Crippen molar-refractivity contribution in [1.29, 1.82) is 0 Å². The lowest BCUT2D eigenvalue weighted by molar-refractivity contribution is -0.445. The zero-order chi connectivity index (χ0) is 26.7. The number of aldehydes is 1. The minimum atomic E-state index is -0.500. The van der Waals surface area contributed by atoms with Crippen LogP contribution in [-0.4, -0.2) is 29.7 Å².